The van der Waals surface area contributed by atoms with E-state index in [-0.39, 0.29) is 17.9 Å². The van der Waals surface area contributed by atoms with Crippen LogP contribution in [-0.4, -0.2) is 52.4 Å². The van der Waals surface area contributed by atoms with Gasteiger partial charge in [0.05, 0.1) is 33.5 Å². The minimum absolute atomic E-state index is 0.0745. The minimum atomic E-state index is -0.778. The van der Waals surface area contributed by atoms with Crippen LogP contribution in [0.4, 0.5) is 5.00 Å². The SMILES string of the molecule is CCOC(=O)c1c(CC(C)C)csc1NC(=O)COC(=O)c1cc(OC)c(OC)cc1OC. The van der Waals surface area contributed by atoms with Gasteiger partial charge in [-0.2, -0.15) is 0 Å². The number of anilines is 1. The van der Waals surface area contributed by atoms with Gasteiger partial charge in [0.25, 0.3) is 5.91 Å². The van der Waals surface area contributed by atoms with E-state index in [1.54, 1.807) is 6.92 Å². The number of nitrogens with one attached hydrogen (secondary N) is 1. The van der Waals surface area contributed by atoms with Gasteiger partial charge in [0.2, 0.25) is 0 Å². The maximum Gasteiger partial charge on any atom is 0.342 e. The Labute approximate surface area is 196 Å². The highest BCUT2D eigenvalue weighted by Crippen LogP contribution is 2.35. The zero-order valence-corrected chi connectivity index (χ0v) is 20.4. The van der Waals surface area contributed by atoms with E-state index in [1.807, 2.05) is 19.2 Å². The van der Waals surface area contributed by atoms with Crippen molar-refractivity contribution in [1.29, 1.82) is 0 Å². The molecule has 180 valence electrons. The summed E-state index contributed by atoms with van der Waals surface area (Å²) in [5, 5.41) is 4.82. The number of carbonyl (C=O) groups is 3. The van der Waals surface area contributed by atoms with Crippen LogP contribution in [-0.2, 0) is 20.7 Å². The van der Waals surface area contributed by atoms with Crippen LogP contribution in [0, 0.1) is 5.92 Å². The average molecular weight is 480 g/mol. The van der Waals surface area contributed by atoms with Gasteiger partial charge in [-0.3, -0.25) is 4.79 Å². The normalized spacial score (nSPS) is 10.5. The van der Waals surface area contributed by atoms with Gasteiger partial charge in [-0.05, 0) is 30.2 Å². The highest BCUT2D eigenvalue weighted by Gasteiger charge is 2.24. The van der Waals surface area contributed by atoms with Gasteiger partial charge in [0.15, 0.2) is 18.1 Å². The predicted octanol–water partition coefficient (Wildman–Crippen LogP) is 3.94. The van der Waals surface area contributed by atoms with Gasteiger partial charge in [-0.25, -0.2) is 9.59 Å². The molecule has 2 aromatic rings. The second-order valence-corrected chi connectivity index (χ2v) is 8.19. The van der Waals surface area contributed by atoms with E-state index in [2.05, 4.69) is 5.32 Å². The maximum atomic E-state index is 12.6. The van der Waals surface area contributed by atoms with Crippen molar-refractivity contribution in [3.05, 3.63) is 34.2 Å². The van der Waals surface area contributed by atoms with E-state index in [1.165, 1.54) is 44.8 Å². The lowest BCUT2D eigenvalue weighted by molar-refractivity contribution is -0.119. The molecule has 0 aliphatic heterocycles. The molecule has 0 aliphatic carbocycles. The lowest BCUT2D eigenvalue weighted by Crippen LogP contribution is -2.22. The lowest BCUT2D eigenvalue weighted by atomic mass is 10.0. The molecular formula is C23H29NO8S. The van der Waals surface area contributed by atoms with Crippen molar-refractivity contribution in [2.75, 3.05) is 39.9 Å². The van der Waals surface area contributed by atoms with Crippen LogP contribution in [0.1, 0.15) is 47.1 Å². The van der Waals surface area contributed by atoms with E-state index in [4.69, 9.17) is 23.7 Å². The van der Waals surface area contributed by atoms with Crippen LogP contribution in [0.15, 0.2) is 17.5 Å². The van der Waals surface area contributed by atoms with Gasteiger partial charge in [0.1, 0.15) is 16.3 Å². The van der Waals surface area contributed by atoms with E-state index in [0.717, 1.165) is 5.56 Å². The predicted molar refractivity (Wildman–Crippen MR) is 124 cm³/mol. The first-order valence-corrected chi connectivity index (χ1v) is 11.2. The summed E-state index contributed by atoms with van der Waals surface area (Å²) in [6.07, 6.45) is 0.661. The van der Waals surface area contributed by atoms with Gasteiger partial charge < -0.3 is 29.0 Å². The molecule has 0 saturated carbocycles. The summed E-state index contributed by atoms with van der Waals surface area (Å²) in [6, 6.07) is 2.90. The minimum Gasteiger partial charge on any atom is -0.496 e. The van der Waals surface area contributed by atoms with Crippen molar-refractivity contribution in [3.63, 3.8) is 0 Å². The summed E-state index contributed by atoms with van der Waals surface area (Å²) < 4.78 is 25.9. The topological polar surface area (TPSA) is 109 Å². The number of rotatable bonds is 11. The molecule has 0 radical (unpaired) electrons. The number of hydrogen-bond donors (Lipinski definition) is 1. The first kappa shape index (κ1) is 26.0. The standard InChI is InChI=1S/C23H29NO8S/c1-7-31-23(27)20-14(8-13(2)3)12-33-21(20)24-19(25)11-32-22(26)15-9-17(29-5)18(30-6)10-16(15)28-4/h9-10,12-13H,7-8,11H2,1-6H3,(H,24,25). The maximum absolute atomic E-state index is 12.6. The Balaban J connectivity index is 2.14. The van der Waals surface area contributed by atoms with Gasteiger partial charge >= 0.3 is 11.9 Å². The highest BCUT2D eigenvalue weighted by atomic mass is 32.1. The number of amides is 1. The summed E-state index contributed by atoms with van der Waals surface area (Å²) in [5.41, 5.74) is 1.21. The Kier molecular flexibility index (Phi) is 9.53. The average Bonchev–Trinajstić information content (AvgIpc) is 3.17. The molecular weight excluding hydrogens is 450 g/mol. The fraction of sp³-hybridized carbons (Fsp3) is 0.435. The lowest BCUT2D eigenvalue weighted by Gasteiger charge is -2.13. The summed E-state index contributed by atoms with van der Waals surface area (Å²) in [7, 11) is 4.29. The molecule has 33 heavy (non-hydrogen) atoms. The monoisotopic (exact) mass is 479 g/mol. The quantitative estimate of drug-likeness (QED) is 0.483. The van der Waals surface area contributed by atoms with Crippen molar-refractivity contribution in [3.8, 4) is 17.2 Å². The number of hydrogen-bond acceptors (Lipinski definition) is 9. The fourth-order valence-electron chi connectivity index (χ4n) is 3.06. The van der Waals surface area contributed by atoms with Crippen molar-refractivity contribution >= 4 is 34.2 Å². The van der Waals surface area contributed by atoms with Crippen molar-refractivity contribution in [1.82, 2.24) is 0 Å². The molecule has 10 heteroatoms. The van der Waals surface area contributed by atoms with Crippen LogP contribution in [0.2, 0.25) is 0 Å². The second-order valence-electron chi connectivity index (χ2n) is 7.32. The number of thiophene rings is 1. The van der Waals surface area contributed by atoms with Crippen molar-refractivity contribution in [2.24, 2.45) is 5.92 Å². The molecule has 0 spiro atoms. The van der Waals surface area contributed by atoms with E-state index in [9.17, 15) is 14.4 Å². The van der Waals surface area contributed by atoms with Crippen LogP contribution in [0.3, 0.4) is 0 Å². The number of carbonyl (C=O) groups excluding carboxylic acids is 3. The second kappa shape index (κ2) is 12.1. The summed E-state index contributed by atoms with van der Waals surface area (Å²) in [5.74, 6) is -0.661. The number of esters is 2. The Hall–Kier alpha value is -3.27. The summed E-state index contributed by atoms with van der Waals surface area (Å²) in [4.78, 5) is 37.5. The molecule has 0 bridgehead atoms. The molecule has 1 aromatic heterocycles. The molecule has 0 unspecified atom stereocenters. The first-order valence-electron chi connectivity index (χ1n) is 10.3. The fourth-order valence-corrected chi connectivity index (χ4v) is 4.04. The number of benzene rings is 1. The smallest absolute Gasteiger partial charge is 0.342 e. The molecule has 0 atom stereocenters. The van der Waals surface area contributed by atoms with Crippen LogP contribution < -0.4 is 19.5 Å². The molecule has 1 N–H and O–H groups in total. The van der Waals surface area contributed by atoms with E-state index >= 15 is 0 Å². The third-order valence-corrected chi connectivity index (χ3v) is 5.43. The van der Waals surface area contributed by atoms with Crippen LogP contribution in [0.25, 0.3) is 0 Å². The zero-order chi connectivity index (χ0) is 24.5. The molecule has 1 amide bonds. The summed E-state index contributed by atoms with van der Waals surface area (Å²) in [6.45, 7) is 5.44. The highest BCUT2D eigenvalue weighted by molar-refractivity contribution is 7.15. The Morgan fingerprint density at radius 2 is 1.58 bits per heavy atom. The Bertz CT molecular complexity index is 999. The van der Waals surface area contributed by atoms with E-state index in [0.29, 0.717) is 34.4 Å². The third kappa shape index (κ3) is 6.61. The van der Waals surface area contributed by atoms with Gasteiger partial charge in [-0.15, -0.1) is 11.3 Å². The van der Waals surface area contributed by atoms with Gasteiger partial charge in [0, 0.05) is 12.1 Å². The largest absolute Gasteiger partial charge is 0.496 e. The molecule has 1 heterocycles. The summed E-state index contributed by atoms with van der Waals surface area (Å²) >= 11 is 1.22. The van der Waals surface area contributed by atoms with Crippen LogP contribution >= 0.6 is 11.3 Å². The first-order chi connectivity index (χ1) is 15.7. The Morgan fingerprint density at radius 1 is 0.939 bits per heavy atom. The molecule has 1 aromatic carbocycles. The van der Waals surface area contributed by atoms with E-state index < -0.39 is 24.5 Å². The molecule has 0 fully saturated rings. The molecule has 0 aliphatic rings. The van der Waals surface area contributed by atoms with Crippen molar-refractivity contribution < 1.29 is 38.1 Å². The van der Waals surface area contributed by atoms with Crippen molar-refractivity contribution in [2.45, 2.75) is 27.2 Å². The van der Waals surface area contributed by atoms with Crippen LogP contribution in [0.5, 0.6) is 17.2 Å². The molecule has 0 saturated heterocycles. The molecule has 9 nitrogen and oxygen atoms in total. The zero-order valence-electron chi connectivity index (χ0n) is 19.6. The van der Waals surface area contributed by atoms with Gasteiger partial charge in [-0.1, -0.05) is 13.8 Å². The third-order valence-electron chi connectivity index (χ3n) is 4.49. The number of methoxy groups -OCH3 is 3. The Morgan fingerprint density at radius 3 is 2.15 bits per heavy atom. The number of ether oxygens (including phenoxy) is 5. The molecule has 2 rings (SSSR count).